The zero-order valence-corrected chi connectivity index (χ0v) is 21.3. The summed E-state index contributed by atoms with van der Waals surface area (Å²) in [6.45, 7) is 0. The van der Waals surface area contributed by atoms with Crippen LogP contribution in [0.5, 0.6) is 5.75 Å². The number of nitrogens with zero attached hydrogens (tertiary/aromatic N) is 1. The smallest absolute Gasteiger partial charge is 0.137 e. The second-order valence-electron chi connectivity index (χ2n) is 10.7. The third kappa shape index (κ3) is 2.93. The largest absolute Gasteiger partial charge is 0.485 e. The molecule has 4 aromatic carbocycles. The van der Waals surface area contributed by atoms with Crippen molar-refractivity contribution in [2.24, 2.45) is 0 Å². The highest BCUT2D eigenvalue weighted by Gasteiger charge is 2.38. The van der Waals surface area contributed by atoms with E-state index in [1.165, 1.54) is 49.1 Å². The standard InChI is InChI=1S/C36H25NO2/c1-4-14-29-23(9-1)24-10-2-5-15-30(24)37(29)22-19-20-28-34(21-22)39-33-18-8-13-26(36(28)33)25-12-7-17-32-35(25)27-11-3-6-16-31(27)38-32/h1-7,9-12,14-21,32,35H,8,13H2. The SMILES string of the molecule is C1=CC2Oc3ccccc3C2C(C2=c3c(oc4cc(-n5c6ccccc6c6ccccc65)ccc34)=CCC2)=C1. The maximum absolute atomic E-state index is 6.59. The normalized spacial score (nSPS) is 19.5. The van der Waals surface area contributed by atoms with Gasteiger partial charge in [-0.25, -0.2) is 0 Å². The first-order valence-corrected chi connectivity index (χ1v) is 13.7. The molecule has 0 saturated carbocycles. The molecule has 2 aromatic heterocycles. The fourth-order valence-corrected chi connectivity index (χ4v) is 7.05. The van der Waals surface area contributed by atoms with Crippen LogP contribution >= 0.6 is 0 Å². The van der Waals surface area contributed by atoms with Gasteiger partial charge in [0.2, 0.25) is 0 Å². The summed E-state index contributed by atoms with van der Waals surface area (Å²) in [6.07, 6.45) is 10.9. The number of furan rings is 1. The van der Waals surface area contributed by atoms with Crippen LogP contribution in [0.15, 0.2) is 119 Å². The van der Waals surface area contributed by atoms with Crippen molar-refractivity contribution in [1.82, 2.24) is 4.57 Å². The van der Waals surface area contributed by atoms with E-state index in [9.17, 15) is 0 Å². The highest BCUT2D eigenvalue weighted by molar-refractivity contribution is 6.09. The van der Waals surface area contributed by atoms with Crippen LogP contribution in [0, 0.1) is 0 Å². The number of benzene rings is 4. The number of para-hydroxylation sites is 3. The molecule has 9 rings (SSSR count). The Morgan fingerprint density at radius 1 is 0.769 bits per heavy atom. The van der Waals surface area contributed by atoms with Gasteiger partial charge in [0, 0.05) is 38.7 Å². The summed E-state index contributed by atoms with van der Waals surface area (Å²) >= 11 is 0. The molecular formula is C36H25NO2. The Morgan fingerprint density at radius 3 is 2.38 bits per heavy atom. The summed E-state index contributed by atoms with van der Waals surface area (Å²) in [7, 11) is 0. The van der Waals surface area contributed by atoms with E-state index < -0.39 is 0 Å². The van der Waals surface area contributed by atoms with Crippen molar-refractivity contribution >= 4 is 44.4 Å². The molecule has 6 aromatic rings. The van der Waals surface area contributed by atoms with Crippen LogP contribution in [-0.4, -0.2) is 10.7 Å². The highest BCUT2D eigenvalue weighted by Crippen LogP contribution is 2.47. The molecule has 2 unspecified atom stereocenters. The van der Waals surface area contributed by atoms with Gasteiger partial charge in [0.15, 0.2) is 0 Å². The molecule has 2 atom stereocenters. The number of hydrogen-bond donors (Lipinski definition) is 0. The molecule has 0 radical (unpaired) electrons. The third-order valence-electron chi connectivity index (χ3n) is 8.67. The number of allylic oxidation sites excluding steroid dienone is 2. The van der Waals surface area contributed by atoms with E-state index in [0.717, 1.165) is 35.3 Å². The molecule has 39 heavy (non-hydrogen) atoms. The maximum atomic E-state index is 6.59. The number of hydrogen-bond acceptors (Lipinski definition) is 2. The fraction of sp³-hybridized carbons (Fsp3) is 0.111. The van der Waals surface area contributed by atoms with Gasteiger partial charge in [-0.2, -0.15) is 0 Å². The lowest BCUT2D eigenvalue weighted by Crippen LogP contribution is -2.30. The number of aromatic nitrogens is 1. The Hall–Kier alpha value is -4.76. The van der Waals surface area contributed by atoms with E-state index in [1.54, 1.807) is 0 Å². The molecule has 0 fully saturated rings. The first kappa shape index (κ1) is 21.2. The van der Waals surface area contributed by atoms with Gasteiger partial charge in [-0.15, -0.1) is 0 Å². The summed E-state index contributed by atoms with van der Waals surface area (Å²) in [5.74, 6) is 1.22. The molecule has 0 N–H and O–H groups in total. The average molecular weight is 504 g/mol. The second kappa shape index (κ2) is 7.87. The van der Waals surface area contributed by atoms with Gasteiger partial charge in [0.25, 0.3) is 0 Å². The molecule has 3 aliphatic rings. The van der Waals surface area contributed by atoms with Gasteiger partial charge in [-0.3, -0.25) is 0 Å². The molecule has 3 heteroatoms. The zero-order valence-electron chi connectivity index (χ0n) is 21.3. The molecule has 0 bridgehead atoms. The average Bonchev–Trinajstić information content (AvgIpc) is 3.66. The molecule has 1 aliphatic heterocycles. The van der Waals surface area contributed by atoms with Gasteiger partial charge in [0.1, 0.15) is 22.9 Å². The van der Waals surface area contributed by atoms with Gasteiger partial charge in [0.05, 0.1) is 17.0 Å². The minimum atomic E-state index is 0.0457. The topological polar surface area (TPSA) is 27.3 Å². The van der Waals surface area contributed by atoms with Crippen LogP contribution in [0.25, 0.3) is 50.1 Å². The van der Waals surface area contributed by atoms with Gasteiger partial charge in [-0.1, -0.05) is 66.7 Å². The molecule has 0 amide bonds. The predicted molar refractivity (Wildman–Crippen MR) is 158 cm³/mol. The second-order valence-corrected chi connectivity index (χ2v) is 10.7. The zero-order chi connectivity index (χ0) is 25.5. The minimum Gasteiger partial charge on any atom is -0.485 e. The molecule has 186 valence electrons. The Bertz CT molecular complexity index is 2120. The molecule has 2 aliphatic carbocycles. The number of fused-ring (bicyclic) bond motifs is 9. The van der Waals surface area contributed by atoms with Crippen LogP contribution in [0.4, 0.5) is 0 Å². The lowest BCUT2D eigenvalue weighted by Gasteiger charge is -2.25. The summed E-state index contributed by atoms with van der Waals surface area (Å²) < 4.78 is 15.3. The lowest BCUT2D eigenvalue weighted by molar-refractivity contribution is 0.266. The fourth-order valence-electron chi connectivity index (χ4n) is 7.05. The van der Waals surface area contributed by atoms with E-state index in [2.05, 4.69) is 120 Å². The maximum Gasteiger partial charge on any atom is 0.137 e. The van der Waals surface area contributed by atoms with E-state index >= 15 is 0 Å². The number of rotatable bonds is 2. The lowest BCUT2D eigenvalue weighted by atomic mass is 9.78. The summed E-state index contributed by atoms with van der Waals surface area (Å²) in [6, 6.07) is 32.5. The molecule has 3 nitrogen and oxygen atoms in total. The summed E-state index contributed by atoms with van der Waals surface area (Å²) in [5.41, 5.74) is 9.48. The quantitative estimate of drug-likeness (QED) is 0.248. The van der Waals surface area contributed by atoms with Gasteiger partial charge in [-0.05, 0) is 66.5 Å². The molecular weight excluding hydrogens is 478 g/mol. The van der Waals surface area contributed by atoms with E-state index in [1.807, 2.05) is 0 Å². The third-order valence-corrected chi connectivity index (χ3v) is 8.67. The van der Waals surface area contributed by atoms with E-state index in [4.69, 9.17) is 9.15 Å². The first-order valence-electron chi connectivity index (χ1n) is 13.7. The summed E-state index contributed by atoms with van der Waals surface area (Å²) in [4.78, 5) is 0. The van der Waals surface area contributed by atoms with E-state index in [-0.39, 0.29) is 12.0 Å². The van der Waals surface area contributed by atoms with Crippen LogP contribution in [-0.2, 0) is 0 Å². The Morgan fingerprint density at radius 2 is 1.54 bits per heavy atom. The Labute approximate surface area is 225 Å². The van der Waals surface area contributed by atoms with Gasteiger partial charge < -0.3 is 13.7 Å². The van der Waals surface area contributed by atoms with Crippen LogP contribution in [0.1, 0.15) is 24.3 Å². The highest BCUT2D eigenvalue weighted by atomic mass is 16.5. The van der Waals surface area contributed by atoms with Crippen LogP contribution in [0.3, 0.4) is 0 Å². The Kier molecular flexibility index (Phi) is 4.28. The van der Waals surface area contributed by atoms with Crippen molar-refractivity contribution in [1.29, 1.82) is 0 Å². The van der Waals surface area contributed by atoms with Crippen molar-refractivity contribution in [3.05, 3.63) is 131 Å². The molecule has 3 heterocycles. The first-order chi connectivity index (χ1) is 19.3. The monoisotopic (exact) mass is 503 g/mol. The van der Waals surface area contributed by atoms with Crippen molar-refractivity contribution in [3.63, 3.8) is 0 Å². The van der Waals surface area contributed by atoms with Gasteiger partial charge >= 0.3 is 0 Å². The van der Waals surface area contributed by atoms with E-state index in [0.29, 0.717) is 0 Å². The molecule has 0 spiro atoms. The van der Waals surface area contributed by atoms with Crippen molar-refractivity contribution in [2.75, 3.05) is 0 Å². The Balaban J connectivity index is 1.27. The minimum absolute atomic E-state index is 0.0457. The molecule has 0 saturated heterocycles. The number of ether oxygens (including phenoxy) is 1. The van der Waals surface area contributed by atoms with Crippen LogP contribution in [0.2, 0.25) is 0 Å². The van der Waals surface area contributed by atoms with Crippen LogP contribution < -0.4 is 15.4 Å². The van der Waals surface area contributed by atoms with Crippen molar-refractivity contribution < 1.29 is 9.15 Å². The predicted octanol–water partition coefficient (Wildman–Crippen LogP) is 7.30. The van der Waals surface area contributed by atoms with Crippen molar-refractivity contribution in [3.8, 4) is 11.4 Å². The summed E-state index contributed by atoms with van der Waals surface area (Å²) in [5, 5.41) is 4.96. The van der Waals surface area contributed by atoms with Crippen molar-refractivity contribution in [2.45, 2.75) is 24.9 Å².